The minimum Gasteiger partial charge on any atom is -0.497 e. The first-order valence-electron chi connectivity index (χ1n) is 12.0. The summed E-state index contributed by atoms with van der Waals surface area (Å²) in [5.74, 6) is 1.13. The third-order valence-electron chi connectivity index (χ3n) is 6.67. The van der Waals surface area contributed by atoms with Gasteiger partial charge in [-0.15, -0.1) is 0 Å². The molecule has 0 bridgehead atoms. The predicted molar refractivity (Wildman–Crippen MR) is 138 cm³/mol. The summed E-state index contributed by atoms with van der Waals surface area (Å²) in [7, 11) is -1.87. The summed E-state index contributed by atoms with van der Waals surface area (Å²) in [5, 5.41) is 2.85. The second-order valence-corrected chi connectivity index (χ2v) is 10.9. The van der Waals surface area contributed by atoms with Crippen LogP contribution in [0, 0.1) is 0 Å². The fourth-order valence-corrected chi connectivity index (χ4v) is 6.08. The zero-order valence-electron chi connectivity index (χ0n) is 20.1. The molecule has 3 aromatic carbocycles. The minimum atomic E-state index is -3.50. The van der Waals surface area contributed by atoms with Crippen molar-refractivity contribution in [2.45, 2.75) is 5.92 Å². The maximum absolute atomic E-state index is 13.2. The molecule has 8 nitrogen and oxygen atoms in total. The Morgan fingerprint density at radius 2 is 1.50 bits per heavy atom. The summed E-state index contributed by atoms with van der Waals surface area (Å²) in [5.41, 5.74) is 2.58. The first-order valence-corrected chi connectivity index (χ1v) is 13.6. The maximum Gasteiger partial charge on any atom is 0.232 e. The van der Waals surface area contributed by atoms with Gasteiger partial charge in [-0.2, -0.15) is 4.31 Å². The van der Waals surface area contributed by atoms with Gasteiger partial charge in [0.25, 0.3) is 0 Å². The maximum atomic E-state index is 13.2. The molecule has 1 fully saturated rings. The van der Waals surface area contributed by atoms with Crippen molar-refractivity contribution in [2.75, 3.05) is 50.5 Å². The average Bonchev–Trinajstić information content (AvgIpc) is 2.91. The van der Waals surface area contributed by atoms with Crippen LogP contribution in [-0.2, 0) is 14.8 Å². The lowest BCUT2D eigenvalue weighted by Crippen LogP contribution is -2.50. The van der Waals surface area contributed by atoms with Crippen molar-refractivity contribution < 1.29 is 22.7 Å². The fraction of sp³-hybridized carbons (Fsp3) is 0.296. The number of piperazine rings is 1. The number of rotatable bonds is 7. The second-order valence-electron chi connectivity index (χ2n) is 8.80. The molecule has 0 spiro atoms. The molecule has 0 aromatic heterocycles. The lowest BCUT2D eigenvalue weighted by Gasteiger charge is -2.35. The summed E-state index contributed by atoms with van der Waals surface area (Å²) in [6.45, 7) is 2.06. The van der Waals surface area contributed by atoms with E-state index in [1.165, 1.54) is 4.31 Å². The van der Waals surface area contributed by atoms with Gasteiger partial charge in [-0.1, -0.05) is 36.4 Å². The number of para-hydroxylation sites is 2. The highest BCUT2D eigenvalue weighted by Gasteiger charge is 2.33. The number of carbonyl (C=O) groups is 1. The molecule has 0 atom stereocenters. The molecule has 3 aromatic rings. The van der Waals surface area contributed by atoms with Crippen molar-refractivity contribution in [3.05, 3.63) is 83.9 Å². The van der Waals surface area contributed by atoms with Gasteiger partial charge in [-0.05, 0) is 36.4 Å². The molecular formula is C27H29N3O5S. The molecular weight excluding hydrogens is 478 g/mol. The summed E-state index contributed by atoms with van der Waals surface area (Å²) >= 11 is 0. The number of benzene rings is 3. The van der Waals surface area contributed by atoms with E-state index >= 15 is 0 Å². The first kappa shape index (κ1) is 24.1. The molecule has 0 aliphatic carbocycles. The lowest BCUT2D eigenvalue weighted by molar-refractivity contribution is -0.121. The summed E-state index contributed by atoms with van der Waals surface area (Å²) in [6, 6.07) is 22.6. The van der Waals surface area contributed by atoms with Crippen molar-refractivity contribution in [2.24, 2.45) is 0 Å². The Hall–Kier alpha value is -3.56. The molecule has 188 valence electrons. The van der Waals surface area contributed by atoms with Crippen LogP contribution in [0.2, 0.25) is 0 Å². The normalized spacial score (nSPS) is 16.0. The van der Waals surface area contributed by atoms with Crippen LogP contribution < -0.4 is 19.7 Å². The van der Waals surface area contributed by atoms with Crippen LogP contribution in [0.5, 0.6) is 17.2 Å². The number of methoxy groups -OCH3 is 1. The van der Waals surface area contributed by atoms with Gasteiger partial charge in [-0.3, -0.25) is 4.79 Å². The van der Waals surface area contributed by atoms with Gasteiger partial charge in [-0.25, -0.2) is 8.42 Å². The number of amides is 1. The highest BCUT2D eigenvalue weighted by atomic mass is 32.2. The number of sulfonamides is 1. The fourth-order valence-electron chi connectivity index (χ4n) is 4.74. The van der Waals surface area contributed by atoms with Gasteiger partial charge < -0.3 is 19.7 Å². The molecule has 0 unspecified atom stereocenters. The minimum absolute atomic E-state index is 0.0432. The van der Waals surface area contributed by atoms with Crippen LogP contribution >= 0.6 is 0 Å². The average molecular weight is 508 g/mol. The van der Waals surface area contributed by atoms with E-state index < -0.39 is 15.9 Å². The topological polar surface area (TPSA) is 88.2 Å². The van der Waals surface area contributed by atoms with Gasteiger partial charge in [0.05, 0.1) is 18.8 Å². The summed E-state index contributed by atoms with van der Waals surface area (Å²) in [6.07, 6.45) is 0. The van der Waals surface area contributed by atoms with Gasteiger partial charge in [0, 0.05) is 49.5 Å². The largest absolute Gasteiger partial charge is 0.497 e. The van der Waals surface area contributed by atoms with E-state index in [4.69, 9.17) is 9.47 Å². The van der Waals surface area contributed by atoms with Crippen molar-refractivity contribution in [3.8, 4) is 17.2 Å². The van der Waals surface area contributed by atoms with E-state index in [1.54, 1.807) is 7.11 Å². The molecule has 0 saturated carbocycles. The van der Waals surface area contributed by atoms with Crippen LogP contribution in [0.1, 0.15) is 17.0 Å². The van der Waals surface area contributed by atoms with E-state index in [2.05, 4.69) is 10.2 Å². The molecule has 1 saturated heterocycles. The smallest absolute Gasteiger partial charge is 0.232 e. The van der Waals surface area contributed by atoms with E-state index in [-0.39, 0.29) is 18.2 Å². The van der Waals surface area contributed by atoms with Crippen LogP contribution in [0.3, 0.4) is 0 Å². The summed E-state index contributed by atoms with van der Waals surface area (Å²) < 4.78 is 38.6. The molecule has 9 heteroatoms. The van der Waals surface area contributed by atoms with Crippen LogP contribution in [0.4, 0.5) is 5.69 Å². The number of anilines is 1. The molecule has 36 heavy (non-hydrogen) atoms. The third kappa shape index (κ3) is 4.89. The Morgan fingerprint density at radius 3 is 2.08 bits per heavy atom. The molecule has 2 aliphatic heterocycles. The number of hydrogen-bond donors (Lipinski definition) is 1. The van der Waals surface area contributed by atoms with E-state index in [1.807, 2.05) is 72.8 Å². The van der Waals surface area contributed by atoms with Gasteiger partial charge in [0.1, 0.15) is 17.2 Å². The third-order valence-corrected chi connectivity index (χ3v) is 8.54. The SMILES string of the molecule is COc1ccc(N2CCN(S(=O)(=O)CCNC(=O)C3c4ccccc4Oc4ccccc43)CC2)cc1. The van der Waals surface area contributed by atoms with Crippen molar-refractivity contribution in [3.63, 3.8) is 0 Å². The zero-order chi connectivity index (χ0) is 25.1. The zero-order valence-corrected chi connectivity index (χ0v) is 20.9. The Bertz CT molecular complexity index is 1290. The Balaban J connectivity index is 1.18. The standard InChI is InChI=1S/C27H29N3O5S/c1-34-21-12-10-20(11-13-21)29-15-17-30(18-16-29)36(32,33)19-14-28-27(31)26-22-6-2-4-8-24(22)35-25-9-5-3-7-23(25)26/h2-13,26H,14-19H2,1H3,(H,28,31). The van der Waals surface area contributed by atoms with E-state index in [0.717, 1.165) is 22.6 Å². The van der Waals surface area contributed by atoms with Gasteiger partial charge >= 0.3 is 0 Å². The Labute approximate surface area is 211 Å². The molecule has 5 rings (SSSR count). The molecule has 1 amide bonds. The number of ether oxygens (including phenoxy) is 2. The number of nitrogens with one attached hydrogen (secondary N) is 1. The number of hydrogen-bond acceptors (Lipinski definition) is 6. The van der Waals surface area contributed by atoms with Crippen molar-refractivity contribution in [1.82, 2.24) is 9.62 Å². The monoisotopic (exact) mass is 507 g/mol. The van der Waals surface area contributed by atoms with Gasteiger partial charge in [0.15, 0.2) is 0 Å². The molecule has 1 N–H and O–H groups in total. The van der Waals surface area contributed by atoms with Crippen LogP contribution in [0.25, 0.3) is 0 Å². The number of nitrogens with zero attached hydrogens (tertiary/aromatic N) is 2. The highest BCUT2D eigenvalue weighted by Crippen LogP contribution is 2.43. The van der Waals surface area contributed by atoms with E-state index in [0.29, 0.717) is 37.7 Å². The Kier molecular flexibility index (Phi) is 6.84. The quantitative estimate of drug-likeness (QED) is 0.529. The van der Waals surface area contributed by atoms with Crippen molar-refractivity contribution >= 4 is 21.6 Å². The van der Waals surface area contributed by atoms with Crippen LogP contribution in [0.15, 0.2) is 72.8 Å². The Morgan fingerprint density at radius 1 is 0.917 bits per heavy atom. The van der Waals surface area contributed by atoms with E-state index in [9.17, 15) is 13.2 Å². The van der Waals surface area contributed by atoms with Crippen molar-refractivity contribution in [1.29, 1.82) is 0 Å². The predicted octanol–water partition coefficient (Wildman–Crippen LogP) is 3.20. The second kappa shape index (κ2) is 10.2. The molecule has 2 heterocycles. The number of fused-ring (bicyclic) bond motifs is 2. The van der Waals surface area contributed by atoms with Crippen LogP contribution in [-0.4, -0.2) is 64.2 Å². The highest BCUT2D eigenvalue weighted by molar-refractivity contribution is 7.89. The summed E-state index contributed by atoms with van der Waals surface area (Å²) in [4.78, 5) is 15.4. The molecule has 2 aliphatic rings. The number of carbonyl (C=O) groups excluding carboxylic acids is 1. The molecule has 0 radical (unpaired) electrons. The lowest BCUT2D eigenvalue weighted by atomic mass is 9.87. The first-order chi connectivity index (χ1) is 17.5. The van der Waals surface area contributed by atoms with Gasteiger partial charge in [0.2, 0.25) is 15.9 Å².